The monoisotopic (exact) mass is 346 g/mol. The highest BCUT2D eigenvalue weighted by atomic mass is 19.1. The van der Waals surface area contributed by atoms with E-state index >= 15 is 0 Å². The molecule has 0 bridgehead atoms. The Morgan fingerprint density at radius 2 is 1.88 bits per heavy atom. The van der Waals surface area contributed by atoms with Gasteiger partial charge >= 0.3 is 12.0 Å². The standard InChI is InChI=1S/C19H23FN2O3/c1-12-16(18(23)25-11-13-5-3-2-4-6-13)17(22-19(24)21-12)14-7-9-15(20)10-8-14/h7-10,13,17H,2-6,11H2,1H3,(H2,21,22,24)/t17-/m1/s1. The summed E-state index contributed by atoms with van der Waals surface area (Å²) in [7, 11) is 0. The van der Waals surface area contributed by atoms with E-state index in [4.69, 9.17) is 4.74 Å². The van der Waals surface area contributed by atoms with Gasteiger partial charge in [0.2, 0.25) is 0 Å². The van der Waals surface area contributed by atoms with Crippen LogP contribution in [0.3, 0.4) is 0 Å². The van der Waals surface area contributed by atoms with E-state index in [2.05, 4.69) is 10.6 Å². The molecule has 2 aliphatic rings. The molecule has 0 unspecified atom stereocenters. The first kappa shape index (κ1) is 17.5. The highest BCUT2D eigenvalue weighted by Crippen LogP contribution is 2.29. The molecule has 1 aromatic rings. The molecule has 134 valence electrons. The number of amides is 2. The number of rotatable bonds is 4. The Morgan fingerprint density at radius 3 is 2.56 bits per heavy atom. The van der Waals surface area contributed by atoms with Gasteiger partial charge in [0.1, 0.15) is 5.82 Å². The van der Waals surface area contributed by atoms with Gasteiger partial charge in [-0.3, -0.25) is 0 Å². The van der Waals surface area contributed by atoms with Gasteiger partial charge in [-0.05, 0) is 43.4 Å². The number of hydrogen-bond acceptors (Lipinski definition) is 3. The summed E-state index contributed by atoms with van der Waals surface area (Å²) in [6.45, 7) is 2.08. The number of urea groups is 1. The van der Waals surface area contributed by atoms with Crippen LogP contribution in [-0.4, -0.2) is 18.6 Å². The topological polar surface area (TPSA) is 67.4 Å². The van der Waals surface area contributed by atoms with Crippen molar-refractivity contribution < 1.29 is 18.7 Å². The minimum absolute atomic E-state index is 0.363. The van der Waals surface area contributed by atoms with Crippen molar-refractivity contribution in [2.75, 3.05) is 6.61 Å². The Kier molecular flexibility index (Phi) is 5.36. The molecule has 1 atom stereocenters. The van der Waals surface area contributed by atoms with Gasteiger partial charge in [0.15, 0.2) is 0 Å². The van der Waals surface area contributed by atoms with Crippen LogP contribution in [-0.2, 0) is 9.53 Å². The Hall–Kier alpha value is -2.37. The summed E-state index contributed by atoms with van der Waals surface area (Å²) in [5, 5.41) is 5.33. The van der Waals surface area contributed by atoms with Gasteiger partial charge in [-0.1, -0.05) is 31.4 Å². The number of carbonyl (C=O) groups excluding carboxylic acids is 2. The molecule has 0 radical (unpaired) electrons. The molecule has 2 N–H and O–H groups in total. The number of benzene rings is 1. The van der Waals surface area contributed by atoms with E-state index in [9.17, 15) is 14.0 Å². The van der Waals surface area contributed by atoms with Crippen LogP contribution >= 0.6 is 0 Å². The summed E-state index contributed by atoms with van der Waals surface area (Å²) in [4.78, 5) is 24.5. The summed E-state index contributed by atoms with van der Waals surface area (Å²) in [5.74, 6) is -0.398. The van der Waals surface area contributed by atoms with Crippen LogP contribution in [0.2, 0.25) is 0 Å². The van der Waals surface area contributed by atoms with E-state index in [1.807, 2.05) is 0 Å². The van der Waals surface area contributed by atoms with E-state index < -0.39 is 18.0 Å². The van der Waals surface area contributed by atoms with E-state index in [0.717, 1.165) is 12.8 Å². The van der Waals surface area contributed by atoms with Crippen molar-refractivity contribution in [3.05, 3.63) is 46.9 Å². The lowest BCUT2D eigenvalue weighted by atomic mass is 9.90. The van der Waals surface area contributed by atoms with E-state index in [1.54, 1.807) is 19.1 Å². The number of nitrogens with one attached hydrogen (secondary N) is 2. The quantitative estimate of drug-likeness (QED) is 0.819. The summed E-state index contributed by atoms with van der Waals surface area (Å²) in [6, 6.07) is 4.71. The molecule has 1 aromatic carbocycles. The zero-order valence-corrected chi connectivity index (χ0v) is 14.3. The fraction of sp³-hybridized carbons (Fsp3) is 0.474. The highest BCUT2D eigenvalue weighted by Gasteiger charge is 2.32. The van der Waals surface area contributed by atoms with Crippen molar-refractivity contribution >= 4 is 12.0 Å². The molecule has 3 rings (SSSR count). The third-order valence-electron chi connectivity index (χ3n) is 4.87. The van der Waals surface area contributed by atoms with Gasteiger partial charge < -0.3 is 15.4 Å². The van der Waals surface area contributed by atoms with Crippen LogP contribution < -0.4 is 10.6 Å². The zero-order valence-electron chi connectivity index (χ0n) is 14.3. The maximum atomic E-state index is 13.2. The molecule has 25 heavy (non-hydrogen) atoms. The molecule has 2 amide bonds. The molecule has 1 saturated carbocycles. The fourth-order valence-corrected chi connectivity index (χ4v) is 3.49. The molecule has 1 heterocycles. The molecule has 6 heteroatoms. The van der Waals surface area contributed by atoms with Crippen LogP contribution in [0.5, 0.6) is 0 Å². The smallest absolute Gasteiger partial charge is 0.338 e. The van der Waals surface area contributed by atoms with E-state index in [1.165, 1.54) is 31.4 Å². The number of ether oxygens (including phenoxy) is 1. The number of halogens is 1. The third-order valence-corrected chi connectivity index (χ3v) is 4.87. The lowest BCUT2D eigenvalue weighted by Crippen LogP contribution is -2.45. The van der Waals surface area contributed by atoms with Crippen LogP contribution in [0.25, 0.3) is 0 Å². The summed E-state index contributed by atoms with van der Waals surface area (Å²) in [5.41, 5.74) is 1.47. The van der Waals surface area contributed by atoms with Crippen molar-refractivity contribution in [1.29, 1.82) is 0 Å². The minimum Gasteiger partial charge on any atom is -0.462 e. The molecule has 5 nitrogen and oxygen atoms in total. The molecule has 1 fully saturated rings. The molecule has 0 aromatic heterocycles. The van der Waals surface area contributed by atoms with E-state index in [-0.39, 0.29) is 5.82 Å². The maximum Gasteiger partial charge on any atom is 0.338 e. The van der Waals surface area contributed by atoms with Crippen molar-refractivity contribution in [1.82, 2.24) is 10.6 Å². The first-order valence-corrected chi connectivity index (χ1v) is 8.75. The van der Waals surface area contributed by atoms with Gasteiger partial charge in [0.05, 0.1) is 18.2 Å². The lowest BCUT2D eigenvalue weighted by Gasteiger charge is -2.29. The van der Waals surface area contributed by atoms with E-state index in [0.29, 0.717) is 29.4 Å². The van der Waals surface area contributed by atoms with Crippen molar-refractivity contribution in [3.8, 4) is 0 Å². The zero-order chi connectivity index (χ0) is 17.8. The molecule has 1 aliphatic carbocycles. The van der Waals surface area contributed by atoms with Crippen molar-refractivity contribution in [2.24, 2.45) is 5.92 Å². The molecule has 1 aliphatic heterocycles. The Morgan fingerprint density at radius 1 is 1.20 bits per heavy atom. The van der Waals surface area contributed by atoms with Gasteiger partial charge in [-0.15, -0.1) is 0 Å². The predicted molar refractivity (Wildman–Crippen MR) is 91.0 cm³/mol. The first-order chi connectivity index (χ1) is 12.0. The van der Waals surface area contributed by atoms with Gasteiger partial charge in [0.25, 0.3) is 0 Å². The SMILES string of the molecule is CC1=C(C(=O)OCC2CCCCC2)[C@@H](c2ccc(F)cc2)NC(=O)N1. The molecule has 0 spiro atoms. The third kappa shape index (κ3) is 4.18. The van der Waals surface area contributed by atoms with Crippen molar-refractivity contribution in [2.45, 2.75) is 45.1 Å². The maximum absolute atomic E-state index is 13.2. The van der Waals surface area contributed by atoms with Crippen LogP contribution in [0.15, 0.2) is 35.5 Å². The van der Waals surface area contributed by atoms with Gasteiger partial charge in [0, 0.05) is 5.70 Å². The predicted octanol–water partition coefficient (Wildman–Crippen LogP) is 3.58. The van der Waals surface area contributed by atoms with Crippen LogP contribution in [0.1, 0.15) is 50.6 Å². The van der Waals surface area contributed by atoms with Crippen molar-refractivity contribution in [3.63, 3.8) is 0 Å². The summed E-state index contributed by atoms with van der Waals surface area (Å²) >= 11 is 0. The first-order valence-electron chi connectivity index (χ1n) is 8.75. The second kappa shape index (κ2) is 7.68. The fourth-order valence-electron chi connectivity index (χ4n) is 3.49. The molecule has 0 saturated heterocycles. The number of allylic oxidation sites excluding steroid dienone is 1. The van der Waals surface area contributed by atoms with Crippen LogP contribution in [0.4, 0.5) is 9.18 Å². The largest absolute Gasteiger partial charge is 0.462 e. The second-order valence-electron chi connectivity index (χ2n) is 6.72. The number of carbonyl (C=O) groups is 2. The van der Waals surface area contributed by atoms with Gasteiger partial charge in [-0.25, -0.2) is 14.0 Å². The lowest BCUT2D eigenvalue weighted by molar-refractivity contribution is -0.141. The number of esters is 1. The molecular formula is C19H23FN2O3. The minimum atomic E-state index is -0.645. The highest BCUT2D eigenvalue weighted by molar-refractivity contribution is 5.95. The second-order valence-corrected chi connectivity index (χ2v) is 6.72. The Labute approximate surface area is 146 Å². The average molecular weight is 346 g/mol. The summed E-state index contributed by atoms with van der Waals surface area (Å²) in [6.07, 6.45) is 5.78. The van der Waals surface area contributed by atoms with Crippen LogP contribution in [0, 0.1) is 11.7 Å². The normalized spacial score (nSPS) is 21.5. The number of hydrogen-bond donors (Lipinski definition) is 2. The average Bonchev–Trinajstić information content (AvgIpc) is 2.60. The molecular weight excluding hydrogens is 323 g/mol. The Balaban J connectivity index is 1.76. The van der Waals surface area contributed by atoms with Gasteiger partial charge in [-0.2, -0.15) is 0 Å². The summed E-state index contributed by atoms with van der Waals surface area (Å²) < 4.78 is 18.7. The Bertz CT molecular complexity index is 678.